The van der Waals surface area contributed by atoms with Gasteiger partial charge in [-0.3, -0.25) is 4.79 Å². The zero-order chi connectivity index (χ0) is 19.8. The standard InChI is InChI=1S/C20H18F2N4O2/c1-26-10-14(12-4-2-3-5-13(12)19(26)27)18-17(9-24-20(23)25-18)28-16-7-6-11(21)8-15(16)22/h6-10H,2-5H2,1H3,(H2,23,24,25). The van der Waals surface area contributed by atoms with E-state index >= 15 is 0 Å². The molecule has 0 amide bonds. The smallest absolute Gasteiger partial charge is 0.253 e. The maximum atomic E-state index is 14.1. The van der Waals surface area contributed by atoms with Crippen LogP contribution >= 0.6 is 0 Å². The fourth-order valence-electron chi connectivity index (χ4n) is 3.51. The van der Waals surface area contributed by atoms with Crippen LogP contribution in [0.4, 0.5) is 14.7 Å². The third-order valence-corrected chi connectivity index (χ3v) is 4.84. The van der Waals surface area contributed by atoms with Crippen molar-refractivity contribution in [3.8, 4) is 22.8 Å². The van der Waals surface area contributed by atoms with E-state index in [1.807, 2.05) is 0 Å². The van der Waals surface area contributed by atoms with Crippen LogP contribution in [0.2, 0.25) is 0 Å². The molecular weight excluding hydrogens is 366 g/mol. The Morgan fingerprint density at radius 3 is 2.64 bits per heavy atom. The van der Waals surface area contributed by atoms with E-state index in [1.165, 1.54) is 16.8 Å². The Kier molecular flexibility index (Phi) is 4.54. The molecule has 28 heavy (non-hydrogen) atoms. The molecule has 4 rings (SSSR count). The second-order valence-corrected chi connectivity index (χ2v) is 6.74. The summed E-state index contributed by atoms with van der Waals surface area (Å²) < 4.78 is 34.4. The van der Waals surface area contributed by atoms with Crippen LogP contribution in [-0.2, 0) is 19.9 Å². The van der Waals surface area contributed by atoms with Crippen LogP contribution < -0.4 is 16.0 Å². The molecule has 1 aliphatic carbocycles. The van der Waals surface area contributed by atoms with Crippen molar-refractivity contribution in [1.29, 1.82) is 0 Å². The number of nitrogen functional groups attached to an aromatic ring is 1. The Morgan fingerprint density at radius 1 is 1.14 bits per heavy atom. The minimum absolute atomic E-state index is 0.0281. The van der Waals surface area contributed by atoms with Gasteiger partial charge in [-0.05, 0) is 43.4 Å². The van der Waals surface area contributed by atoms with Gasteiger partial charge in [0.15, 0.2) is 17.3 Å². The Labute approximate surface area is 159 Å². The fourth-order valence-corrected chi connectivity index (χ4v) is 3.51. The summed E-state index contributed by atoms with van der Waals surface area (Å²) in [4.78, 5) is 20.7. The molecule has 1 aliphatic rings. The van der Waals surface area contributed by atoms with Crippen LogP contribution in [0.5, 0.6) is 11.5 Å². The number of nitrogens with two attached hydrogens (primary N) is 1. The van der Waals surface area contributed by atoms with E-state index in [1.54, 1.807) is 13.2 Å². The van der Waals surface area contributed by atoms with Gasteiger partial charge < -0.3 is 15.0 Å². The van der Waals surface area contributed by atoms with Crippen molar-refractivity contribution in [3.05, 3.63) is 63.7 Å². The molecule has 2 N–H and O–H groups in total. The number of nitrogens with zero attached hydrogens (tertiary/aromatic N) is 3. The molecule has 0 spiro atoms. The lowest BCUT2D eigenvalue weighted by Gasteiger charge is -2.21. The lowest BCUT2D eigenvalue weighted by molar-refractivity contribution is 0.436. The van der Waals surface area contributed by atoms with E-state index in [4.69, 9.17) is 10.5 Å². The first-order valence-electron chi connectivity index (χ1n) is 8.91. The number of anilines is 1. The van der Waals surface area contributed by atoms with Gasteiger partial charge in [0, 0.05) is 30.4 Å². The number of rotatable bonds is 3. The van der Waals surface area contributed by atoms with Gasteiger partial charge >= 0.3 is 0 Å². The van der Waals surface area contributed by atoms with E-state index in [2.05, 4.69) is 9.97 Å². The Morgan fingerprint density at radius 2 is 1.89 bits per heavy atom. The highest BCUT2D eigenvalue weighted by molar-refractivity contribution is 5.71. The molecule has 8 heteroatoms. The van der Waals surface area contributed by atoms with E-state index in [0.717, 1.165) is 42.5 Å². The summed E-state index contributed by atoms with van der Waals surface area (Å²) in [7, 11) is 1.67. The Hall–Kier alpha value is -3.29. The molecule has 0 unspecified atom stereocenters. The van der Waals surface area contributed by atoms with Gasteiger partial charge in [-0.2, -0.15) is 0 Å². The maximum absolute atomic E-state index is 14.1. The van der Waals surface area contributed by atoms with Crippen molar-refractivity contribution in [1.82, 2.24) is 14.5 Å². The molecular formula is C20H18F2N4O2. The van der Waals surface area contributed by atoms with Crippen LogP contribution in [-0.4, -0.2) is 14.5 Å². The first kappa shape index (κ1) is 18.1. The molecule has 0 aliphatic heterocycles. The van der Waals surface area contributed by atoms with Gasteiger partial charge in [0.2, 0.25) is 5.95 Å². The van der Waals surface area contributed by atoms with Crippen LogP contribution in [0.15, 0.2) is 35.4 Å². The minimum Gasteiger partial charge on any atom is -0.450 e. The summed E-state index contributed by atoms with van der Waals surface area (Å²) in [5, 5.41) is 0. The van der Waals surface area contributed by atoms with Crippen molar-refractivity contribution in [2.75, 3.05) is 5.73 Å². The SMILES string of the molecule is Cn1cc(-c2nc(N)ncc2Oc2ccc(F)cc2F)c2c(c1=O)CCCC2. The molecule has 0 saturated heterocycles. The highest BCUT2D eigenvalue weighted by Crippen LogP contribution is 2.36. The minimum atomic E-state index is -0.842. The highest BCUT2D eigenvalue weighted by atomic mass is 19.1. The van der Waals surface area contributed by atoms with Gasteiger partial charge in [0.05, 0.1) is 6.20 Å². The fraction of sp³-hybridized carbons (Fsp3) is 0.250. The van der Waals surface area contributed by atoms with Crippen molar-refractivity contribution in [2.24, 2.45) is 7.05 Å². The zero-order valence-corrected chi connectivity index (χ0v) is 15.2. The molecule has 2 heterocycles. The van der Waals surface area contributed by atoms with Gasteiger partial charge in [-0.1, -0.05) is 0 Å². The normalized spacial score (nSPS) is 13.2. The van der Waals surface area contributed by atoms with Crippen LogP contribution in [0.25, 0.3) is 11.3 Å². The van der Waals surface area contributed by atoms with Crippen molar-refractivity contribution in [2.45, 2.75) is 25.7 Å². The molecule has 0 fully saturated rings. The molecule has 3 aromatic rings. The third kappa shape index (κ3) is 3.21. The summed E-state index contributed by atoms with van der Waals surface area (Å²) in [5.74, 6) is -1.50. The number of aryl methyl sites for hydroxylation is 1. The van der Waals surface area contributed by atoms with Crippen LogP contribution in [0.3, 0.4) is 0 Å². The topological polar surface area (TPSA) is 83.0 Å². The summed E-state index contributed by atoms with van der Waals surface area (Å²) in [6.07, 6.45) is 6.36. The number of benzene rings is 1. The molecule has 0 atom stereocenters. The number of hydrogen-bond acceptors (Lipinski definition) is 5. The second-order valence-electron chi connectivity index (χ2n) is 6.74. The number of fused-ring (bicyclic) bond motifs is 1. The number of pyridine rings is 1. The van der Waals surface area contributed by atoms with Gasteiger partial charge in [0.1, 0.15) is 11.5 Å². The summed E-state index contributed by atoms with van der Waals surface area (Å²) >= 11 is 0. The molecule has 0 saturated carbocycles. The molecule has 2 aromatic heterocycles. The lowest BCUT2D eigenvalue weighted by Crippen LogP contribution is -2.25. The second kappa shape index (κ2) is 7.03. The Bertz CT molecular complexity index is 1130. The largest absolute Gasteiger partial charge is 0.450 e. The number of aromatic nitrogens is 3. The highest BCUT2D eigenvalue weighted by Gasteiger charge is 2.23. The van der Waals surface area contributed by atoms with E-state index in [9.17, 15) is 13.6 Å². The summed E-state index contributed by atoms with van der Waals surface area (Å²) in [6.45, 7) is 0. The number of hydrogen-bond donors (Lipinski definition) is 1. The van der Waals surface area contributed by atoms with Gasteiger partial charge in [-0.15, -0.1) is 0 Å². The molecule has 6 nitrogen and oxygen atoms in total. The third-order valence-electron chi connectivity index (χ3n) is 4.84. The number of halogens is 2. The van der Waals surface area contributed by atoms with E-state index < -0.39 is 11.6 Å². The predicted molar refractivity (Wildman–Crippen MR) is 100 cm³/mol. The lowest BCUT2D eigenvalue weighted by atomic mass is 9.88. The molecule has 144 valence electrons. The average Bonchev–Trinajstić information content (AvgIpc) is 2.68. The average molecular weight is 384 g/mol. The molecule has 0 bridgehead atoms. The maximum Gasteiger partial charge on any atom is 0.253 e. The summed E-state index contributed by atoms with van der Waals surface area (Å²) in [6, 6.07) is 3.03. The van der Waals surface area contributed by atoms with Crippen LogP contribution in [0.1, 0.15) is 24.0 Å². The van der Waals surface area contributed by atoms with Crippen LogP contribution in [0, 0.1) is 11.6 Å². The van der Waals surface area contributed by atoms with E-state index in [0.29, 0.717) is 17.7 Å². The zero-order valence-electron chi connectivity index (χ0n) is 15.2. The van der Waals surface area contributed by atoms with Gasteiger partial charge in [0.25, 0.3) is 5.56 Å². The quantitative estimate of drug-likeness (QED) is 0.749. The molecule has 0 radical (unpaired) electrons. The van der Waals surface area contributed by atoms with E-state index in [-0.39, 0.29) is 23.0 Å². The first-order chi connectivity index (χ1) is 13.4. The van der Waals surface area contributed by atoms with Crippen molar-refractivity contribution >= 4 is 5.95 Å². The van der Waals surface area contributed by atoms with Crippen molar-refractivity contribution < 1.29 is 13.5 Å². The number of ether oxygens (including phenoxy) is 1. The first-order valence-corrected chi connectivity index (χ1v) is 8.91. The predicted octanol–water partition coefficient (Wildman–Crippen LogP) is 3.37. The van der Waals surface area contributed by atoms with Crippen molar-refractivity contribution in [3.63, 3.8) is 0 Å². The van der Waals surface area contributed by atoms with Gasteiger partial charge in [-0.25, -0.2) is 18.7 Å². The molecule has 1 aromatic carbocycles. The summed E-state index contributed by atoms with van der Waals surface area (Å²) in [5.41, 5.74) is 8.46. The Balaban J connectivity index is 1.88. The monoisotopic (exact) mass is 384 g/mol.